The van der Waals surface area contributed by atoms with Crippen LogP contribution in [0.4, 0.5) is 5.82 Å². The highest BCUT2D eigenvalue weighted by atomic mass is 35.5. The molecule has 1 aromatic carbocycles. The number of nitrogens with zero attached hydrogens (tertiary/aromatic N) is 2. The van der Waals surface area contributed by atoms with Gasteiger partial charge in [0.2, 0.25) is 0 Å². The molecule has 5 heteroatoms. The normalized spacial score (nSPS) is 10.7. The predicted octanol–water partition coefficient (Wildman–Crippen LogP) is 4.70. The highest BCUT2D eigenvalue weighted by Gasteiger charge is 2.08. The van der Waals surface area contributed by atoms with Crippen molar-refractivity contribution < 1.29 is 0 Å². The van der Waals surface area contributed by atoms with Gasteiger partial charge in [0, 0.05) is 23.6 Å². The summed E-state index contributed by atoms with van der Waals surface area (Å²) in [6.45, 7) is 4.83. The Bertz CT molecular complexity index is 597. The van der Waals surface area contributed by atoms with Crippen molar-refractivity contribution in [3.05, 3.63) is 51.4 Å². The third-order valence-electron chi connectivity index (χ3n) is 3.23. The van der Waals surface area contributed by atoms with E-state index in [1.165, 1.54) is 5.56 Å². The first kappa shape index (κ1) is 16.1. The van der Waals surface area contributed by atoms with E-state index in [1.54, 1.807) is 0 Å². The molecule has 0 atom stereocenters. The van der Waals surface area contributed by atoms with Crippen LogP contribution in [0, 0.1) is 6.92 Å². The average molecular weight is 324 g/mol. The summed E-state index contributed by atoms with van der Waals surface area (Å²) in [6.07, 6.45) is 2.75. The molecule has 0 amide bonds. The number of hydrogen-bond donors (Lipinski definition) is 1. The zero-order valence-electron chi connectivity index (χ0n) is 12.3. The maximum absolute atomic E-state index is 6.16. The van der Waals surface area contributed by atoms with Crippen LogP contribution in [0.2, 0.25) is 10.2 Å². The summed E-state index contributed by atoms with van der Waals surface area (Å²) in [6, 6.07) is 7.88. The molecule has 0 radical (unpaired) electrons. The van der Waals surface area contributed by atoms with Gasteiger partial charge < -0.3 is 5.32 Å². The molecule has 1 N–H and O–H groups in total. The van der Waals surface area contributed by atoms with Crippen LogP contribution in [0.5, 0.6) is 0 Å². The number of anilines is 1. The highest BCUT2D eigenvalue weighted by Crippen LogP contribution is 2.20. The van der Waals surface area contributed by atoms with E-state index in [1.807, 2.05) is 31.2 Å². The van der Waals surface area contributed by atoms with Crippen LogP contribution in [0.1, 0.15) is 30.3 Å². The molecular formula is C16H19Cl2N3. The molecule has 0 saturated carbocycles. The van der Waals surface area contributed by atoms with Gasteiger partial charge in [-0.15, -0.1) is 0 Å². The van der Waals surface area contributed by atoms with E-state index >= 15 is 0 Å². The third kappa shape index (κ3) is 4.58. The van der Waals surface area contributed by atoms with Gasteiger partial charge >= 0.3 is 0 Å². The average Bonchev–Trinajstić information content (AvgIpc) is 2.46. The third-order valence-corrected chi connectivity index (χ3v) is 3.85. The molecule has 2 rings (SSSR count). The molecule has 21 heavy (non-hydrogen) atoms. The Balaban J connectivity index is 2.00. The summed E-state index contributed by atoms with van der Waals surface area (Å²) in [5, 5.41) is 4.64. The van der Waals surface area contributed by atoms with E-state index in [-0.39, 0.29) is 0 Å². The summed E-state index contributed by atoms with van der Waals surface area (Å²) < 4.78 is 0. The van der Waals surface area contributed by atoms with Crippen molar-refractivity contribution in [2.75, 3.05) is 11.9 Å². The summed E-state index contributed by atoms with van der Waals surface area (Å²) >= 11 is 12.0. The monoisotopic (exact) mass is 323 g/mol. The fourth-order valence-corrected chi connectivity index (χ4v) is 2.33. The SMILES string of the molecule is CCCc1nc(Cl)c(C)c(NCCc2ccc(Cl)cc2)n1. The molecule has 3 nitrogen and oxygen atoms in total. The molecule has 2 aromatic rings. The zero-order valence-corrected chi connectivity index (χ0v) is 13.8. The molecule has 0 aliphatic carbocycles. The number of hydrogen-bond acceptors (Lipinski definition) is 3. The lowest BCUT2D eigenvalue weighted by atomic mass is 10.1. The first-order valence-electron chi connectivity index (χ1n) is 7.11. The predicted molar refractivity (Wildman–Crippen MR) is 89.4 cm³/mol. The standard InChI is InChI=1S/C16H19Cl2N3/c1-3-4-14-20-15(18)11(2)16(21-14)19-10-9-12-5-7-13(17)8-6-12/h5-8H,3-4,9-10H2,1-2H3,(H,19,20,21). The lowest BCUT2D eigenvalue weighted by Gasteiger charge is -2.11. The smallest absolute Gasteiger partial charge is 0.137 e. The van der Waals surface area contributed by atoms with Crippen molar-refractivity contribution in [2.45, 2.75) is 33.1 Å². The van der Waals surface area contributed by atoms with Gasteiger partial charge in [0.05, 0.1) is 0 Å². The van der Waals surface area contributed by atoms with Crippen LogP contribution in [-0.4, -0.2) is 16.5 Å². The quantitative estimate of drug-likeness (QED) is 0.783. The Labute approximate surface area is 135 Å². The molecule has 0 aliphatic heterocycles. The number of rotatable bonds is 6. The van der Waals surface area contributed by atoms with Gasteiger partial charge in [-0.1, -0.05) is 42.3 Å². The van der Waals surface area contributed by atoms with Gasteiger partial charge in [-0.25, -0.2) is 9.97 Å². The minimum atomic E-state index is 0.530. The molecule has 112 valence electrons. The first-order chi connectivity index (χ1) is 10.1. The highest BCUT2D eigenvalue weighted by molar-refractivity contribution is 6.30. The van der Waals surface area contributed by atoms with Gasteiger partial charge in [-0.2, -0.15) is 0 Å². The van der Waals surface area contributed by atoms with Crippen LogP contribution in [0.3, 0.4) is 0 Å². The Hall–Kier alpha value is -1.32. The molecule has 0 aliphatic rings. The van der Waals surface area contributed by atoms with Gasteiger partial charge in [0.15, 0.2) is 0 Å². The molecular weight excluding hydrogens is 305 g/mol. The van der Waals surface area contributed by atoms with Crippen LogP contribution < -0.4 is 5.32 Å². The number of halogens is 2. The van der Waals surface area contributed by atoms with E-state index in [4.69, 9.17) is 23.2 Å². The molecule has 0 bridgehead atoms. The van der Waals surface area contributed by atoms with E-state index in [9.17, 15) is 0 Å². The fraction of sp³-hybridized carbons (Fsp3) is 0.375. The van der Waals surface area contributed by atoms with Crippen molar-refractivity contribution in [3.8, 4) is 0 Å². The van der Waals surface area contributed by atoms with E-state index in [0.29, 0.717) is 5.15 Å². The topological polar surface area (TPSA) is 37.8 Å². The summed E-state index contributed by atoms with van der Waals surface area (Å²) in [5.41, 5.74) is 2.13. The Kier molecular flexibility index (Phi) is 5.83. The molecule has 0 unspecified atom stereocenters. The molecule has 0 saturated heterocycles. The second-order valence-corrected chi connectivity index (χ2v) is 5.75. The second kappa shape index (κ2) is 7.62. The van der Waals surface area contributed by atoms with Crippen LogP contribution in [0.15, 0.2) is 24.3 Å². The number of aromatic nitrogens is 2. The van der Waals surface area contributed by atoms with Crippen molar-refractivity contribution in [3.63, 3.8) is 0 Å². The first-order valence-corrected chi connectivity index (χ1v) is 7.87. The zero-order chi connectivity index (χ0) is 15.2. The summed E-state index contributed by atoms with van der Waals surface area (Å²) in [5.74, 6) is 1.62. The molecule has 0 fully saturated rings. The maximum atomic E-state index is 6.16. The number of nitrogens with one attached hydrogen (secondary N) is 1. The Morgan fingerprint density at radius 1 is 1.05 bits per heavy atom. The van der Waals surface area contributed by atoms with Crippen molar-refractivity contribution >= 4 is 29.0 Å². The lowest BCUT2D eigenvalue weighted by Crippen LogP contribution is -2.10. The minimum Gasteiger partial charge on any atom is -0.369 e. The summed E-state index contributed by atoms with van der Waals surface area (Å²) in [4.78, 5) is 8.84. The molecule has 1 aromatic heterocycles. The summed E-state index contributed by atoms with van der Waals surface area (Å²) in [7, 11) is 0. The van der Waals surface area contributed by atoms with Gasteiger partial charge in [-0.05, 0) is 37.5 Å². The Morgan fingerprint density at radius 2 is 1.76 bits per heavy atom. The van der Waals surface area contributed by atoms with E-state index < -0.39 is 0 Å². The van der Waals surface area contributed by atoms with Gasteiger partial charge in [-0.3, -0.25) is 0 Å². The number of aryl methyl sites for hydroxylation is 1. The van der Waals surface area contributed by atoms with Crippen LogP contribution in [-0.2, 0) is 12.8 Å². The van der Waals surface area contributed by atoms with Crippen LogP contribution in [0.25, 0.3) is 0 Å². The van der Waals surface area contributed by atoms with Gasteiger partial charge in [0.25, 0.3) is 0 Å². The van der Waals surface area contributed by atoms with Crippen molar-refractivity contribution in [1.29, 1.82) is 0 Å². The second-order valence-electron chi connectivity index (χ2n) is 4.96. The fourth-order valence-electron chi connectivity index (χ4n) is 2.02. The van der Waals surface area contributed by atoms with E-state index in [0.717, 1.165) is 48.0 Å². The van der Waals surface area contributed by atoms with Crippen molar-refractivity contribution in [2.24, 2.45) is 0 Å². The minimum absolute atomic E-state index is 0.530. The lowest BCUT2D eigenvalue weighted by molar-refractivity contribution is 0.829. The Morgan fingerprint density at radius 3 is 2.43 bits per heavy atom. The van der Waals surface area contributed by atoms with E-state index in [2.05, 4.69) is 22.2 Å². The van der Waals surface area contributed by atoms with Gasteiger partial charge in [0.1, 0.15) is 16.8 Å². The van der Waals surface area contributed by atoms with Crippen LogP contribution >= 0.6 is 23.2 Å². The number of benzene rings is 1. The largest absolute Gasteiger partial charge is 0.369 e. The molecule has 1 heterocycles. The molecule has 0 spiro atoms. The van der Waals surface area contributed by atoms with Crippen molar-refractivity contribution in [1.82, 2.24) is 9.97 Å². The maximum Gasteiger partial charge on any atom is 0.137 e.